The van der Waals surface area contributed by atoms with Crippen LogP contribution in [0.5, 0.6) is 28.7 Å². The number of carboxylic acids is 2. The molecule has 0 bridgehead atoms. The molecule has 0 spiro atoms. The highest BCUT2D eigenvalue weighted by Gasteiger charge is 2.42. The van der Waals surface area contributed by atoms with Gasteiger partial charge < -0.3 is 33.9 Å². The Morgan fingerprint density at radius 1 is 0.935 bits per heavy atom. The first-order chi connectivity index (χ1) is 14.9. The Morgan fingerprint density at radius 2 is 1.55 bits per heavy atom. The van der Waals surface area contributed by atoms with Crippen LogP contribution in [0.25, 0.3) is 6.08 Å². The normalized spacial score (nSPS) is 18.6. The van der Waals surface area contributed by atoms with Gasteiger partial charge in [-0.2, -0.15) is 0 Å². The Balaban J connectivity index is 2.00. The molecule has 2 atom stereocenters. The van der Waals surface area contributed by atoms with Gasteiger partial charge in [0, 0.05) is 5.92 Å². The second kappa shape index (κ2) is 7.75. The molecule has 2 aliphatic rings. The van der Waals surface area contributed by atoms with E-state index in [1.54, 1.807) is 24.3 Å². The molecule has 0 saturated carbocycles. The summed E-state index contributed by atoms with van der Waals surface area (Å²) < 4.78 is 27.1. The van der Waals surface area contributed by atoms with Gasteiger partial charge in [0.05, 0.1) is 32.8 Å². The zero-order valence-corrected chi connectivity index (χ0v) is 17.0. The number of aliphatic carboxylic acids is 2. The number of hydrogen-bond donors (Lipinski definition) is 2. The molecule has 1 heterocycles. The van der Waals surface area contributed by atoms with E-state index in [0.29, 0.717) is 45.4 Å². The van der Waals surface area contributed by atoms with E-state index >= 15 is 0 Å². The van der Waals surface area contributed by atoms with Gasteiger partial charge in [0.2, 0.25) is 12.5 Å². The summed E-state index contributed by atoms with van der Waals surface area (Å²) in [6.45, 7) is 0.0327. The summed E-state index contributed by atoms with van der Waals surface area (Å²) in [5.41, 5.74) is 1.39. The van der Waals surface area contributed by atoms with E-state index in [1.807, 2.05) is 0 Å². The molecule has 1 aliphatic heterocycles. The number of carbonyl (C=O) groups is 2. The van der Waals surface area contributed by atoms with Gasteiger partial charge >= 0.3 is 11.9 Å². The fraction of sp³-hybridized carbons (Fsp3) is 0.273. The van der Waals surface area contributed by atoms with Crippen LogP contribution in [0.3, 0.4) is 0 Å². The number of carboxylic acid groups (broad SMARTS) is 2. The Morgan fingerprint density at radius 3 is 2.06 bits per heavy atom. The molecule has 4 rings (SSSR count). The monoisotopic (exact) mass is 428 g/mol. The van der Waals surface area contributed by atoms with Crippen molar-refractivity contribution in [2.45, 2.75) is 5.92 Å². The van der Waals surface area contributed by atoms with E-state index in [1.165, 1.54) is 27.4 Å². The van der Waals surface area contributed by atoms with Crippen LogP contribution in [0.2, 0.25) is 0 Å². The molecule has 2 aromatic rings. The van der Waals surface area contributed by atoms with Crippen LogP contribution < -0.4 is 23.7 Å². The average molecular weight is 428 g/mol. The summed E-state index contributed by atoms with van der Waals surface area (Å²) in [6.07, 6.45) is 1.37. The van der Waals surface area contributed by atoms with Gasteiger partial charge in [0.1, 0.15) is 0 Å². The van der Waals surface area contributed by atoms with Crippen LogP contribution >= 0.6 is 0 Å². The second-order valence-corrected chi connectivity index (χ2v) is 6.99. The quantitative estimate of drug-likeness (QED) is 0.715. The molecule has 9 nitrogen and oxygen atoms in total. The fourth-order valence-corrected chi connectivity index (χ4v) is 4.11. The molecule has 2 aromatic carbocycles. The van der Waals surface area contributed by atoms with Crippen molar-refractivity contribution in [1.82, 2.24) is 0 Å². The summed E-state index contributed by atoms with van der Waals surface area (Å²) in [5, 5.41) is 19.8. The zero-order chi connectivity index (χ0) is 22.3. The third kappa shape index (κ3) is 3.27. The lowest BCUT2D eigenvalue weighted by Crippen LogP contribution is -2.31. The van der Waals surface area contributed by atoms with Crippen LogP contribution in [0.4, 0.5) is 0 Å². The van der Waals surface area contributed by atoms with Crippen molar-refractivity contribution in [2.24, 2.45) is 5.92 Å². The van der Waals surface area contributed by atoms with E-state index in [2.05, 4.69) is 0 Å². The smallest absolute Gasteiger partial charge is 0.332 e. The predicted molar refractivity (Wildman–Crippen MR) is 107 cm³/mol. The molecule has 0 saturated heterocycles. The molecule has 0 fully saturated rings. The van der Waals surface area contributed by atoms with Gasteiger partial charge in [-0.1, -0.05) is 0 Å². The van der Waals surface area contributed by atoms with E-state index in [9.17, 15) is 19.8 Å². The average Bonchev–Trinajstić information content (AvgIpc) is 3.22. The maximum Gasteiger partial charge on any atom is 0.332 e. The van der Waals surface area contributed by atoms with E-state index in [4.69, 9.17) is 23.7 Å². The number of ether oxygens (including phenoxy) is 5. The summed E-state index contributed by atoms with van der Waals surface area (Å²) in [5.74, 6) is -2.85. The largest absolute Gasteiger partial charge is 0.493 e. The van der Waals surface area contributed by atoms with Crippen molar-refractivity contribution in [3.05, 3.63) is 46.5 Å². The van der Waals surface area contributed by atoms with Crippen LogP contribution in [0, 0.1) is 5.92 Å². The van der Waals surface area contributed by atoms with Gasteiger partial charge in [-0.25, -0.2) is 4.79 Å². The van der Waals surface area contributed by atoms with Crippen LogP contribution in [-0.4, -0.2) is 50.3 Å². The van der Waals surface area contributed by atoms with Crippen LogP contribution in [-0.2, 0) is 9.59 Å². The lowest BCUT2D eigenvalue weighted by molar-refractivity contribution is -0.144. The van der Waals surface area contributed by atoms with E-state index in [-0.39, 0.29) is 12.4 Å². The van der Waals surface area contributed by atoms with Crippen molar-refractivity contribution in [3.63, 3.8) is 0 Å². The predicted octanol–water partition coefficient (Wildman–Crippen LogP) is 2.76. The lowest BCUT2D eigenvalue weighted by Gasteiger charge is -2.31. The first-order valence-corrected chi connectivity index (χ1v) is 9.30. The molecule has 1 aliphatic carbocycles. The number of benzene rings is 2. The van der Waals surface area contributed by atoms with Crippen molar-refractivity contribution >= 4 is 18.0 Å². The Kier molecular flexibility index (Phi) is 5.10. The van der Waals surface area contributed by atoms with Gasteiger partial charge in [0.15, 0.2) is 23.0 Å². The van der Waals surface area contributed by atoms with Crippen LogP contribution in [0.1, 0.15) is 22.6 Å². The molecule has 2 N–H and O–H groups in total. The molecule has 0 radical (unpaired) electrons. The summed E-state index contributed by atoms with van der Waals surface area (Å²) >= 11 is 0. The zero-order valence-electron chi connectivity index (χ0n) is 17.0. The number of rotatable bonds is 6. The highest BCUT2D eigenvalue weighted by Crippen LogP contribution is 2.50. The molecule has 0 amide bonds. The summed E-state index contributed by atoms with van der Waals surface area (Å²) in [7, 11) is 4.36. The van der Waals surface area contributed by atoms with Gasteiger partial charge in [0.25, 0.3) is 0 Å². The van der Waals surface area contributed by atoms with Crippen molar-refractivity contribution in [2.75, 3.05) is 28.1 Å². The third-order valence-corrected chi connectivity index (χ3v) is 5.45. The Labute approximate surface area is 177 Å². The first-order valence-electron chi connectivity index (χ1n) is 9.30. The van der Waals surface area contributed by atoms with Crippen molar-refractivity contribution in [1.29, 1.82) is 0 Å². The topological polar surface area (TPSA) is 121 Å². The van der Waals surface area contributed by atoms with Gasteiger partial charge in [-0.15, -0.1) is 0 Å². The second-order valence-electron chi connectivity index (χ2n) is 6.99. The number of hydrogen-bond acceptors (Lipinski definition) is 7. The van der Waals surface area contributed by atoms with Gasteiger partial charge in [-0.3, -0.25) is 4.79 Å². The molecular formula is C22H20O9. The maximum atomic E-state index is 12.3. The highest BCUT2D eigenvalue weighted by molar-refractivity contribution is 6.01. The molecule has 0 aromatic heterocycles. The molecule has 162 valence electrons. The maximum absolute atomic E-state index is 12.3. The minimum Gasteiger partial charge on any atom is -0.493 e. The van der Waals surface area contributed by atoms with Crippen LogP contribution in [0.15, 0.2) is 29.8 Å². The number of methoxy groups -OCH3 is 3. The minimum absolute atomic E-state index is 0.0327. The molecule has 9 heteroatoms. The first kappa shape index (κ1) is 20.4. The highest BCUT2D eigenvalue weighted by atomic mass is 16.7. The van der Waals surface area contributed by atoms with Crippen molar-refractivity contribution < 1.29 is 43.5 Å². The lowest BCUT2D eigenvalue weighted by atomic mass is 9.71. The summed E-state index contributed by atoms with van der Waals surface area (Å²) in [4.78, 5) is 24.3. The molecular weight excluding hydrogens is 408 g/mol. The minimum atomic E-state index is -1.35. The van der Waals surface area contributed by atoms with Gasteiger partial charge in [-0.05, 0) is 47.0 Å². The third-order valence-electron chi connectivity index (χ3n) is 5.45. The van der Waals surface area contributed by atoms with E-state index < -0.39 is 23.8 Å². The Bertz CT molecular complexity index is 1080. The molecule has 0 unspecified atom stereocenters. The molecule has 31 heavy (non-hydrogen) atoms. The van der Waals surface area contributed by atoms with Crippen molar-refractivity contribution in [3.8, 4) is 28.7 Å². The summed E-state index contributed by atoms with van der Waals surface area (Å²) in [6, 6.07) is 6.60. The fourth-order valence-electron chi connectivity index (χ4n) is 4.11. The van der Waals surface area contributed by atoms with E-state index in [0.717, 1.165) is 0 Å². The Hall–Kier alpha value is -3.88. The standard InChI is InChI=1S/C22H20O9/c1-27-16-6-11(7-17(28-2)20(16)29-3)18-12-8-15-14(30-9-31-15)5-10(12)4-13(21(23)24)19(18)22(25)26/h4-8,18-19H,9H2,1-3H3,(H,23,24)(H,25,26)/t18-,19-/m1/s1. The SMILES string of the molecule is COc1cc([C@@H]2c3cc4c(cc3C=C(C(=O)O)[C@H]2C(=O)O)OCO4)cc(OC)c1OC. The number of fused-ring (bicyclic) bond motifs is 2.